The summed E-state index contributed by atoms with van der Waals surface area (Å²) in [7, 11) is 0. The van der Waals surface area contributed by atoms with Crippen LogP contribution in [0.3, 0.4) is 0 Å². The minimum atomic E-state index is 0.922. The zero-order chi connectivity index (χ0) is 9.10. The number of benzene rings is 1. The Bertz CT molecular complexity index is 329. The SMILES string of the molecule is CCNCC1=Nc2ccccc2C1. The number of aliphatic imine (C=N–C) groups is 1. The van der Waals surface area contributed by atoms with Crippen molar-refractivity contribution in [3.63, 3.8) is 0 Å². The monoisotopic (exact) mass is 174 g/mol. The summed E-state index contributed by atoms with van der Waals surface area (Å²) in [5, 5.41) is 3.29. The standard InChI is InChI=1S/C11H14N2/c1-2-12-8-10-7-9-5-3-4-6-11(9)13-10/h3-6,12H,2,7-8H2,1H3. The topological polar surface area (TPSA) is 24.4 Å². The van der Waals surface area contributed by atoms with Crippen LogP contribution in [-0.4, -0.2) is 18.8 Å². The molecule has 0 spiro atoms. The van der Waals surface area contributed by atoms with Gasteiger partial charge in [0.25, 0.3) is 0 Å². The van der Waals surface area contributed by atoms with E-state index in [0.29, 0.717) is 0 Å². The molecule has 68 valence electrons. The van der Waals surface area contributed by atoms with E-state index >= 15 is 0 Å². The van der Waals surface area contributed by atoms with Crippen molar-refractivity contribution in [2.45, 2.75) is 13.3 Å². The third-order valence-corrected chi connectivity index (χ3v) is 2.24. The molecule has 0 aromatic heterocycles. The average Bonchev–Trinajstić information content (AvgIpc) is 2.57. The molecule has 0 bridgehead atoms. The van der Waals surface area contributed by atoms with Gasteiger partial charge in [0, 0.05) is 18.7 Å². The third-order valence-electron chi connectivity index (χ3n) is 2.24. The molecule has 1 aliphatic heterocycles. The zero-order valence-corrected chi connectivity index (χ0v) is 7.88. The number of fused-ring (bicyclic) bond motifs is 1. The van der Waals surface area contributed by atoms with Crippen LogP contribution in [0, 0.1) is 0 Å². The molecule has 2 nitrogen and oxygen atoms in total. The second-order valence-electron chi connectivity index (χ2n) is 3.26. The molecule has 2 heteroatoms. The first-order valence-electron chi connectivity index (χ1n) is 4.75. The van der Waals surface area contributed by atoms with E-state index in [9.17, 15) is 0 Å². The van der Waals surface area contributed by atoms with Crippen molar-refractivity contribution in [1.82, 2.24) is 5.32 Å². The van der Waals surface area contributed by atoms with Gasteiger partial charge in [-0.2, -0.15) is 0 Å². The molecule has 0 unspecified atom stereocenters. The number of nitrogens with zero attached hydrogens (tertiary/aromatic N) is 1. The van der Waals surface area contributed by atoms with Crippen molar-refractivity contribution >= 4 is 11.4 Å². The molecule has 0 amide bonds. The summed E-state index contributed by atoms with van der Waals surface area (Å²) in [6.07, 6.45) is 1.02. The maximum Gasteiger partial charge on any atom is 0.0665 e. The minimum absolute atomic E-state index is 0.922. The van der Waals surface area contributed by atoms with Crippen LogP contribution in [0.1, 0.15) is 12.5 Å². The third kappa shape index (κ3) is 1.78. The van der Waals surface area contributed by atoms with Crippen molar-refractivity contribution in [1.29, 1.82) is 0 Å². The van der Waals surface area contributed by atoms with Gasteiger partial charge in [-0.05, 0) is 18.2 Å². The summed E-state index contributed by atoms with van der Waals surface area (Å²) in [5.41, 5.74) is 3.76. The predicted octanol–water partition coefficient (Wildman–Crippen LogP) is 1.92. The minimum Gasteiger partial charge on any atom is -0.312 e. The lowest BCUT2D eigenvalue weighted by molar-refractivity contribution is 0.813. The molecular weight excluding hydrogens is 160 g/mol. The highest BCUT2D eigenvalue weighted by molar-refractivity contribution is 5.95. The highest BCUT2D eigenvalue weighted by atomic mass is 14.9. The molecule has 0 fully saturated rings. The number of hydrogen-bond donors (Lipinski definition) is 1. The van der Waals surface area contributed by atoms with E-state index in [-0.39, 0.29) is 0 Å². The van der Waals surface area contributed by atoms with Crippen molar-refractivity contribution in [2.75, 3.05) is 13.1 Å². The lowest BCUT2D eigenvalue weighted by Gasteiger charge is -1.99. The van der Waals surface area contributed by atoms with E-state index in [1.165, 1.54) is 11.3 Å². The molecule has 1 aliphatic rings. The van der Waals surface area contributed by atoms with Gasteiger partial charge >= 0.3 is 0 Å². The Morgan fingerprint density at radius 1 is 1.38 bits per heavy atom. The van der Waals surface area contributed by atoms with Crippen LogP contribution in [0.5, 0.6) is 0 Å². The second kappa shape index (κ2) is 3.71. The summed E-state index contributed by atoms with van der Waals surface area (Å²) < 4.78 is 0. The van der Waals surface area contributed by atoms with E-state index in [2.05, 4.69) is 35.4 Å². The van der Waals surface area contributed by atoms with Crippen LogP contribution in [0.25, 0.3) is 0 Å². The van der Waals surface area contributed by atoms with Crippen LogP contribution in [0.4, 0.5) is 5.69 Å². The number of rotatable bonds is 3. The first-order valence-corrected chi connectivity index (χ1v) is 4.75. The zero-order valence-electron chi connectivity index (χ0n) is 7.88. The van der Waals surface area contributed by atoms with Crippen LogP contribution in [0.15, 0.2) is 29.3 Å². The smallest absolute Gasteiger partial charge is 0.0665 e. The second-order valence-corrected chi connectivity index (χ2v) is 3.26. The lowest BCUT2D eigenvalue weighted by Crippen LogP contribution is -2.22. The van der Waals surface area contributed by atoms with E-state index in [1.54, 1.807) is 0 Å². The van der Waals surface area contributed by atoms with E-state index in [0.717, 1.165) is 25.2 Å². The maximum absolute atomic E-state index is 4.54. The average molecular weight is 174 g/mol. The van der Waals surface area contributed by atoms with Crippen LogP contribution in [0.2, 0.25) is 0 Å². The maximum atomic E-state index is 4.54. The molecule has 1 aromatic carbocycles. The van der Waals surface area contributed by atoms with Gasteiger partial charge in [-0.1, -0.05) is 25.1 Å². The van der Waals surface area contributed by atoms with E-state index in [1.807, 2.05) is 6.07 Å². The highest BCUT2D eigenvalue weighted by Gasteiger charge is 2.12. The fourth-order valence-electron chi connectivity index (χ4n) is 1.57. The van der Waals surface area contributed by atoms with Crippen molar-refractivity contribution in [2.24, 2.45) is 4.99 Å². The Morgan fingerprint density at radius 2 is 2.23 bits per heavy atom. The van der Waals surface area contributed by atoms with Gasteiger partial charge in [0.1, 0.15) is 0 Å². The van der Waals surface area contributed by atoms with Gasteiger partial charge in [0.05, 0.1) is 5.69 Å². The Kier molecular flexibility index (Phi) is 2.41. The lowest BCUT2D eigenvalue weighted by atomic mass is 10.1. The quantitative estimate of drug-likeness (QED) is 0.744. The van der Waals surface area contributed by atoms with Gasteiger partial charge in [-0.3, -0.25) is 4.99 Å². The normalized spacial score (nSPS) is 14.1. The van der Waals surface area contributed by atoms with E-state index in [4.69, 9.17) is 0 Å². The number of hydrogen-bond acceptors (Lipinski definition) is 2. The largest absolute Gasteiger partial charge is 0.312 e. The number of nitrogens with one attached hydrogen (secondary N) is 1. The molecule has 0 saturated heterocycles. The summed E-state index contributed by atoms with van der Waals surface area (Å²) in [6, 6.07) is 8.34. The molecule has 13 heavy (non-hydrogen) atoms. The summed E-state index contributed by atoms with van der Waals surface area (Å²) in [5.74, 6) is 0. The van der Waals surface area contributed by atoms with Gasteiger partial charge in [0.15, 0.2) is 0 Å². The molecule has 0 aliphatic carbocycles. The molecule has 1 heterocycles. The summed E-state index contributed by atoms with van der Waals surface area (Å²) >= 11 is 0. The Labute approximate surface area is 78.7 Å². The van der Waals surface area contributed by atoms with Crippen LogP contribution in [-0.2, 0) is 6.42 Å². The van der Waals surface area contributed by atoms with Crippen LogP contribution >= 0.6 is 0 Å². The van der Waals surface area contributed by atoms with Gasteiger partial charge in [0.2, 0.25) is 0 Å². The highest BCUT2D eigenvalue weighted by Crippen LogP contribution is 2.25. The Hall–Kier alpha value is -1.15. The Balaban J connectivity index is 2.08. The predicted molar refractivity (Wildman–Crippen MR) is 55.8 cm³/mol. The Morgan fingerprint density at radius 3 is 3.00 bits per heavy atom. The molecule has 2 rings (SSSR count). The number of para-hydroxylation sites is 1. The summed E-state index contributed by atoms with van der Waals surface area (Å²) in [4.78, 5) is 4.54. The van der Waals surface area contributed by atoms with Crippen molar-refractivity contribution < 1.29 is 0 Å². The summed E-state index contributed by atoms with van der Waals surface area (Å²) in [6.45, 7) is 4.04. The first-order chi connectivity index (χ1) is 6.40. The first kappa shape index (κ1) is 8.45. The molecular formula is C11H14N2. The fourth-order valence-corrected chi connectivity index (χ4v) is 1.57. The van der Waals surface area contributed by atoms with Crippen molar-refractivity contribution in [3.8, 4) is 0 Å². The van der Waals surface area contributed by atoms with Gasteiger partial charge < -0.3 is 5.32 Å². The van der Waals surface area contributed by atoms with Gasteiger partial charge in [-0.25, -0.2) is 0 Å². The van der Waals surface area contributed by atoms with E-state index < -0.39 is 0 Å². The van der Waals surface area contributed by atoms with Gasteiger partial charge in [-0.15, -0.1) is 0 Å². The van der Waals surface area contributed by atoms with Crippen molar-refractivity contribution in [3.05, 3.63) is 29.8 Å². The molecule has 1 N–H and O–H groups in total. The molecule has 0 radical (unpaired) electrons. The van der Waals surface area contributed by atoms with Crippen LogP contribution < -0.4 is 5.32 Å². The molecule has 0 atom stereocenters. The fraction of sp³-hybridized carbons (Fsp3) is 0.364. The molecule has 1 aromatic rings. The molecule has 0 saturated carbocycles.